The molecule has 0 saturated carbocycles. The second kappa shape index (κ2) is 7.47. The molecule has 2 heterocycles. The van der Waals surface area contributed by atoms with Crippen LogP contribution in [0.5, 0.6) is 11.5 Å². The number of carbonyl (C=O) groups is 2. The lowest BCUT2D eigenvalue weighted by molar-refractivity contribution is 0.0526. The number of piperazine rings is 1. The van der Waals surface area contributed by atoms with Crippen LogP contribution in [0.15, 0.2) is 28.8 Å². The highest BCUT2D eigenvalue weighted by Crippen LogP contribution is 2.29. The summed E-state index contributed by atoms with van der Waals surface area (Å²) in [5.41, 5.74) is 0.679. The maximum absolute atomic E-state index is 12.9. The summed E-state index contributed by atoms with van der Waals surface area (Å²) in [6.07, 6.45) is 0. The maximum Gasteiger partial charge on any atom is 0.276 e. The second-order valence-electron chi connectivity index (χ2n) is 5.94. The number of benzene rings is 1. The second-order valence-corrected chi connectivity index (χ2v) is 5.94. The molecular weight excluding hydrogens is 338 g/mol. The molecule has 1 aliphatic rings. The predicted octanol–water partition coefficient (Wildman–Crippen LogP) is 1.60. The van der Waals surface area contributed by atoms with Crippen molar-refractivity contribution < 1.29 is 23.6 Å². The Balaban J connectivity index is 1.70. The number of nitrogens with zero attached hydrogens (tertiary/aromatic N) is 3. The number of aromatic nitrogens is 1. The van der Waals surface area contributed by atoms with Gasteiger partial charge < -0.3 is 23.8 Å². The molecule has 0 bridgehead atoms. The Labute approximate surface area is 151 Å². The lowest BCUT2D eigenvalue weighted by Gasteiger charge is -2.34. The van der Waals surface area contributed by atoms with Crippen LogP contribution in [0.2, 0.25) is 0 Å². The topological polar surface area (TPSA) is 85.1 Å². The quantitative estimate of drug-likeness (QED) is 0.824. The maximum atomic E-state index is 12.9. The van der Waals surface area contributed by atoms with E-state index >= 15 is 0 Å². The van der Waals surface area contributed by atoms with Gasteiger partial charge in [0.25, 0.3) is 11.8 Å². The number of hydrogen-bond donors (Lipinski definition) is 0. The molecule has 0 aliphatic carbocycles. The normalized spacial score (nSPS) is 14.3. The van der Waals surface area contributed by atoms with Gasteiger partial charge in [-0.2, -0.15) is 0 Å². The molecule has 26 heavy (non-hydrogen) atoms. The summed E-state index contributed by atoms with van der Waals surface area (Å²) in [6.45, 7) is 3.42. The Kier molecular flexibility index (Phi) is 5.11. The van der Waals surface area contributed by atoms with Crippen molar-refractivity contribution in [2.24, 2.45) is 0 Å². The summed E-state index contributed by atoms with van der Waals surface area (Å²) >= 11 is 0. The van der Waals surface area contributed by atoms with Crippen LogP contribution in [0.4, 0.5) is 0 Å². The fraction of sp³-hybridized carbons (Fsp3) is 0.389. The van der Waals surface area contributed by atoms with Gasteiger partial charge in [-0.1, -0.05) is 11.2 Å². The summed E-state index contributed by atoms with van der Waals surface area (Å²) in [5.74, 6) is 1.15. The number of aryl methyl sites for hydroxylation is 1. The first-order valence-electron chi connectivity index (χ1n) is 8.28. The first-order chi connectivity index (χ1) is 12.5. The summed E-state index contributed by atoms with van der Waals surface area (Å²) in [7, 11) is 3.03. The minimum absolute atomic E-state index is 0.177. The molecule has 1 aromatic carbocycles. The van der Waals surface area contributed by atoms with Crippen LogP contribution < -0.4 is 9.47 Å². The highest BCUT2D eigenvalue weighted by atomic mass is 16.5. The highest BCUT2D eigenvalue weighted by molar-refractivity contribution is 6.00. The molecule has 1 fully saturated rings. The van der Waals surface area contributed by atoms with E-state index in [2.05, 4.69) is 5.16 Å². The molecular formula is C18H21N3O5. The Hall–Kier alpha value is -3.03. The lowest BCUT2D eigenvalue weighted by atomic mass is 10.1. The largest absolute Gasteiger partial charge is 0.496 e. The van der Waals surface area contributed by atoms with Gasteiger partial charge in [0.2, 0.25) is 0 Å². The SMILES string of the molecule is COc1cccc(OC)c1C(=O)N1CCN(C(=O)c2cc(C)on2)CC1. The number of rotatable bonds is 4. The molecule has 1 aliphatic heterocycles. The molecule has 0 N–H and O–H groups in total. The van der Waals surface area contributed by atoms with Crippen LogP contribution in [0.3, 0.4) is 0 Å². The van der Waals surface area contributed by atoms with Crippen molar-refractivity contribution >= 4 is 11.8 Å². The zero-order valence-electron chi connectivity index (χ0n) is 15.0. The molecule has 8 nitrogen and oxygen atoms in total. The van der Waals surface area contributed by atoms with Gasteiger partial charge in [0, 0.05) is 32.2 Å². The number of methoxy groups -OCH3 is 2. The van der Waals surface area contributed by atoms with Gasteiger partial charge in [-0.05, 0) is 19.1 Å². The predicted molar refractivity (Wildman–Crippen MR) is 92.6 cm³/mol. The summed E-state index contributed by atoms with van der Waals surface area (Å²) in [6, 6.07) is 6.83. The fourth-order valence-corrected chi connectivity index (χ4v) is 2.96. The molecule has 138 valence electrons. The van der Waals surface area contributed by atoms with E-state index in [-0.39, 0.29) is 17.5 Å². The average molecular weight is 359 g/mol. The molecule has 0 atom stereocenters. The van der Waals surface area contributed by atoms with Crippen molar-refractivity contribution in [1.29, 1.82) is 0 Å². The summed E-state index contributed by atoms with van der Waals surface area (Å²) in [5, 5.41) is 3.76. The van der Waals surface area contributed by atoms with Crippen molar-refractivity contribution in [2.45, 2.75) is 6.92 Å². The van der Waals surface area contributed by atoms with Gasteiger partial charge in [0.15, 0.2) is 5.69 Å². The Bertz CT molecular complexity index is 787. The van der Waals surface area contributed by atoms with Crippen molar-refractivity contribution in [3.63, 3.8) is 0 Å². The number of hydrogen-bond acceptors (Lipinski definition) is 6. The minimum Gasteiger partial charge on any atom is -0.496 e. The minimum atomic E-state index is -0.191. The van der Waals surface area contributed by atoms with Gasteiger partial charge >= 0.3 is 0 Å². The molecule has 0 radical (unpaired) electrons. The van der Waals surface area contributed by atoms with E-state index in [0.29, 0.717) is 49.0 Å². The van der Waals surface area contributed by atoms with E-state index in [0.717, 1.165) is 0 Å². The highest BCUT2D eigenvalue weighted by Gasteiger charge is 2.29. The molecule has 8 heteroatoms. The monoisotopic (exact) mass is 359 g/mol. The first kappa shape index (κ1) is 17.8. The number of amides is 2. The lowest BCUT2D eigenvalue weighted by Crippen LogP contribution is -2.50. The molecule has 2 amide bonds. The van der Waals surface area contributed by atoms with Gasteiger partial charge in [-0.15, -0.1) is 0 Å². The van der Waals surface area contributed by atoms with Gasteiger partial charge in [-0.3, -0.25) is 9.59 Å². The molecule has 1 saturated heterocycles. The van der Waals surface area contributed by atoms with Gasteiger partial charge in [0.1, 0.15) is 22.8 Å². The van der Waals surface area contributed by atoms with Crippen LogP contribution in [0, 0.1) is 6.92 Å². The zero-order valence-corrected chi connectivity index (χ0v) is 15.0. The van der Waals surface area contributed by atoms with E-state index in [4.69, 9.17) is 14.0 Å². The van der Waals surface area contributed by atoms with E-state index in [1.165, 1.54) is 14.2 Å². The third-order valence-corrected chi connectivity index (χ3v) is 4.34. The standard InChI is InChI=1S/C18H21N3O5/c1-12-11-13(19-26-12)17(22)20-7-9-21(10-8-20)18(23)16-14(24-2)5-4-6-15(16)25-3/h4-6,11H,7-10H2,1-3H3. The zero-order chi connectivity index (χ0) is 18.7. The molecule has 2 aromatic rings. The van der Waals surface area contributed by atoms with Crippen LogP contribution in [0.25, 0.3) is 0 Å². The van der Waals surface area contributed by atoms with E-state index < -0.39 is 0 Å². The third kappa shape index (κ3) is 3.35. The van der Waals surface area contributed by atoms with Crippen LogP contribution >= 0.6 is 0 Å². The smallest absolute Gasteiger partial charge is 0.276 e. The first-order valence-corrected chi connectivity index (χ1v) is 8.28. The molecule has 1 aromatic heterocycles. The van der Waals surface area contributed by atoms with Crippen molar-refractivity contribution in [3.8, 4) is 11.5 Å². The Morgan fingerprint density at radius 3 is 2.00 bits per heavy atom. The molecule has 0 spiro atoms. The van der Waals surface area contributed by atoms with E-state index in [1.54, 1.807) is 41.0 Å². The van der Waals surface area contributed by atoms with Crippen molar-refractivity contribution in [1.82, 2.24) is 15.0 Å². The van der Waals surface area contributed by atoms with Crippen LogP contribution in [-0.2, 0) is 0 Å². The van der Waals surface area contributed by atoms with Gasteiger partial charge in [0.05, 0.1) is 14.2 Å². The van der Waals surface area contributed by atoms with E-state index in [1.807, 2.05) is 0 Å². The Morgan fingerprint density at radius 2 is 1.54 bits per heavy atom. The van der Waals surface area contributed by atoms with Gasteiger partial charge in [-0.25, -0.2) is 0 Å². The fourth-order valence-electron chi connectivity index (χ4n) is 2.96. The van der Waals surface area contributed by atoms with Crippen molar-refractivity contribution in [3.05, 3.63) is 41.3 Å². The number of ether oxygens (including phenoxy) is 2. The van der Waals surface area contributed by atoms with Crippen LogP contribution in [0.1, 0.15) is 26.6 Å². The number of carbonyl (C=O) groups excluding carboxylic acids is 2. The molecule has 0 unspecified atom stereocenters. The van der Waals surface area contributed by atoms with Crippen molar-refractivity contribution in [2.75, 3.05) is 40.4 Å². The summed E-state index contributed by atoms with van der Waals surface area (Å²) in [4.78, 5) is 28.7. The van der Waals surface area contributed by atoms with E-state index in [9.17, 15) is 9.59 Å². The van der Waals surface area contributed by atoms with Crippen LogP contribution in [-0.4, -0.2) is 67.2 Å². The average Bonchev–Trinajstić information content (AvgIpc) is 3.12. The third-order valence-electron chi connectivity index (χ3n) is 4.34. The summed E-state index contributed by atoms with van der Waals surface area (Å²) < 4.78 is 15.6. The molecule has 3 rings (SSSR count). The Morgan fingerprint density at radius 1 is 1.00 bits per heavy atom.